The van der Waals surface area contributed by atoms with Crippen molar-refractivity contribution in [3.05, 3.63) is 69.7 Å². The average Bonchev–Trinajstić information content (AvgIpc) is 2.78. The maximum Gasteiger partial charge on any atom is 0.244 e. The Morgan fingerprint density at radius 3 is 2.65 bits per heavy atom. The summed E-state index contributed by atoms with van der Waals surface area (Å²) >= 11 is 11.9. The molecule has 164 valence electrons. The molecule has 2 N–H and O–H groups in total. The van der Waals surface area contributed by atoms with E-state index in [0.717, 1.165) is 44.0 Å². The number of hydrogen-bond donors (Lipinski definition) is 2. The van der Waals surface area contributed by atoms with Crippen molar-refractivity contribution in [2.24, 2.45) is 0 Å². The Morgan fingerprint density at radius 2 is 1.87 bits per heavy atom. The molecule has 0 aliphatic carbocycles. The topological polar surface area (TPSA) is 70.7 Å². The number of halogens is 2. The standard InChI is InChI=1S/C23H25Cl2N3O3/c24-20-6-4-17(15-21(20)25)5-7-22(29)26-16-18-2-1-3-19(14-18)27-23(30)8-9-28-10-12-31-13-11-28/h1-7,14-15H,8-13,16H2,(H,26,29)(H,27,30)/b7-5+. The SMILES string of the molecule is O=C(/C=C/c1ccc(Cl)c(Cl)c1)NCc1cccc(NC(=O)CCN2CCOCC2)c1. The number of nitrogens with zero attached hydrogens (tertiary/aromatic N) is 1. The molecule has 6 nitrogen and oxygen atoms in total. The van der Waals surface area contributed by atoms with Gasteiger partial charge in [0.1, 0.15) is 0 Å². The summed E-state index contributed by atoms with van der Waals surface area (Å²) in [6.07, 6.45) is 3.54. The maximum absolute atomic E-state index is 12.2. The zero-order valence-corrected chi connectivity index (χ0v) is 18.6. The molecule has 31 heavy (non-hydrogen) atoms. The molecule has 0 bridgehead atoms. The highest BCUT2D eigenvalue weighted by Gasteiger charge is 2.12. The Balaban J connectivity index is 1.44. The highest BCUT2D eigenvalue weighted by Crippen LogP contribution is 2.23. The van der Waals surface area contributed by atoms with Gasteiger partial charge in [-0.05, 0) is 41.5 Å². The van der Waals surface area contributed by atoms with Gasteiger partial charge in [0.2, 0.25) is 11.8 Å². The third-order valence-corrected chi connectivity index (χ3v) is 5.55. The van der Waals surface area contributed by atoms with Crippen LogP contribution in [0.3, 0.4) is 0 Å². The fourth-order valence-electron chi connectivity index (χ4n) is 3.10. The van der Waals surface area contributed by atoms with Gasteiger partial charge in [-0.15, -0.1) is 0 Å². The number of amides is 2. The van der Waals surface area contributed by atoms with E-state index in [9.17, 15) is 9.59 Å². The van der Waals surface area contributed by atoms with Crippen molar-refractivity contribution in [1.82, 2.24) is 10.2 Å². The fraction of sp³-hybridized carbons (Fsp3) is 0.304. The van der Waals surface area contributed by atoms with Crippen molar-refractivity contribution in [2.45, 2.75) is 13.0 Å². The number of morpholine rings is 1. The predicted molar refractivity (Wildman–Crippen MR) is 124 cm³/mol. The van der Waals surface area contributed by atoms with E-state index in [-0.39, 0.29) is 11.8 Å². The van der Waals surface area contributed by atoms with E-state index >= 15 is 0 Å². The Hall–Kier alpha value is -2.38. The molecule has 1 heterocycles. The molecule has 1 fully saturated rings. The van der Waals surface area contributed by atoms with Crippen LogP contribution in [0, 0.1) is 0 Å². The number of carbonyl (C=O) groups is 2. The lowest BCUT2D eigenvalue weighted by Gasteiger charge is -2.26. The number of hydrogen-bond acceptors (Lipinski definition) is 4. The number of nitrogens with one attached hydrogen (secondary N) is 2. The second-order valence-electron chi connectivity index (χ2n) is 7.18. The largest absolute Gasteiger partial charge is 0.379 e. The lowest BCUT2D eigenvalue weighted by Crippen LogP contribution is -2.38. The summed E-state index contributed by atoms with van der Waals surface area (Å²) < 4.78 is 5.32. The van der Waals surface area contributed by atoms with Crippen LogP contribution in [-0.4, -0.2) is 49.6 Å². The third kappa shape index (κ3) is 7.99. The first-order valence-electron chi connectivity index (χ1n) is 10.1. The molecule has 1 saturated heterocycles. The minimum Gasteiger partial charge on any atom is -0.379 e. The van der Waals surface area contributed by atoms with Gasteiger partial charge < -0.3 is 15.4 Å². The predicted octanol–water partition coefficient (Wildman–Crippen LogP) is 3.98. The van der Waals surface area contributed by atoms with Crippen LogP contribution in [0.1, 0.15) is 17.5 Å². The number of benzene rings is 2. The van der Waals surface area contributed by atoms with Crippen molar-refractivity contribution < 1.29 is 14.3 Å². The molecule has 0 aromatic heterocycles. The van der Waals surface area contributed by atoms with Crippen LogP contribution in [0.4, 0.5) is 5.69 Å². The van der Waals surface area contributed by atoms with Crippen LogP contribution >= 0.6 is 23.2 Å². The lowest BCUT2D eigenvalue weighted by molar-refractivity contribution is -0.117. The molecule has 2 aromatic rings. The van der Waals surface area contributed by atoms with Crippen molar-refractivity contribution in [2.75, 3.05) is 38.2 Å². The average molecular weight is 462 g/mol. The Bertz CT molecular complexity index is 943. The Kier molecular flexibility index (Phi) is 8.91. The first-order chi connectivity index (χ1) is 15.0. The Morgan fingerprint density at radius 1 is 1.06 bits per heavy atom. The van der Waals surface area contributed by atoms with E-state index in [2.05, 4.69) is 15.5 Å². The van der Waals surface area contributed by atoms with Crippen molar-refractivity contribution >= 4 is 46.8 Å². The van der Waals surface area contributed by atoms with E-state index < -0.39 is 0 Å². The molecule has 3 rings (SSSR count). The van der Waals surface area contributed by atoms with Gasteiger partial charge in [-0.2, -0.15) is 0 Å². The summed E-state index contributed by atoms with van der Waals surface area (Å²) in [7, 11) is 0. The van der Waals surface area contributed by atoms with Gasteiger partial charge >= 0.3 is 0 Å². The minimum absolute atomic E-state index is 0.0303. The van der Waals surface area contributed by atoms with Crippen LogP contribution in [0.2, 0.25) is 10.0 Å². The first-order valence-corrected chi connectivity index (χ1v) is 10.8. The van der Waals surface area contributed by atoms with E-state index in [1.165, 1.54) is 6.08 Å². The van der Waals surface area contributed by atoms with E-state index in [0.29, 0.717) is 28.7 Å². The molecule has 0 saturated carbocycles. The van der Waals surface area contributed by atoms with Crippen LogP contribution in [0.15, 0.2) is 48.5 Å². The normalized spacial score (nSPS) is 14.5. The monoisotopic (exact) mass is 461 g/mol. The quantitative estimate of drug-likeness (QED) is 0.583. The van der Waals surface area contributed by atoms with Gasteiger partial charge in [-0.25, -0.2) is 0 Å². The molecule has 8 heteroatoms. The second kappa shape index (κ2) is 11.9. The zero-order valence-electron chi connectivity index (χ0n) is 17.1. The molecule has 1 aliphatic heterocycles. The van der Waals surface area contributed by atoms with Crippen LogP contribution in [0.25, 0.3) is 6.08 Å². The Labute approximate surface area is 192 Å². The van der Waals surface area contributed by atoms with E-state index in [1.807, 2.05) is 24.3 Å². The van der Waals surface area contributed by atoms with Gasteiger partial charge in [0.25, 0.3) is 0 Å². The summed E-state index contributed by atoms with van der Waals surface area (Å²) in [5, 5.41) is 6.65. The van der Waals surface area contributed by atoms with Gasteiger partial charge in [-0.3, -0.25) is 14.5 Å². The number of anilines is 1. The summed E-state index contributed by atoms with van der Waals surface area (Å²) in [5.41, 5.74) is 2.39. The molecule has 0 radical (unpaired) electrons. The molecular weight excluding hydrogens is 437 g/mol. The number of ether oxygens (including phenoxy) is 1. The van der Waals surface area contributed by atoms with E-state index in [4.69, 9.17) is 27.9 Å². The van der Waals surface area contributed by atoms with E-state index in [1.54, 1.807) is 24.3 Å². The summed E-state index contributed by atoms with van der Waals surface area (Å²) in [6.45, 7) is 4.23. The second-order valence-corrected chi connectivity index (χ2v) is 7.99. The molecule has 0 spiro atoms. The smallest absolute Gasteiger partial charge is 0.244 e. The minimum atomic E-state index is -0.231. The molecular formula is C23H25Cl2N3O3. The highest BCUT2D eigenvalue weighted by atomic mass is 35.5. The van der Waals surface area contributed by atoms with Gasteiger partial charge in [0, 0.05) is 44.4 Å². The summed E-state index contributed by atoms with van der Waals surface area (Å²) in [6, 6.07) is 12.6. The van der Waals surface area contributed by atoms with Crippen molar-refractivity contribution in [3.8, 4) is 0 Å². The highest BCUT2D eigenvalue weighted by molar-refractivity contribution is 6.42. The fourth-order valence-corrected chi connectivity index (χ4v) is 3.41. The summed E-state index contributed by atoms with van der Waals surface area (Å²) in [4.78, 5) is 26.6. The maximum atomic E-state index is 12.2. The van der Waals surface area contributed by atoms with Crippen molar-refractivity contribution in [3.63, 3.8) is 0 Å². The molecule has 0 atom stereocenters. The first kappa shape index (κ1) is 23.3. The van der Waals surface area contributed by atoms with Gasteiger partial charge in [0.15, 0.2) is 0 Å². The number of rotatable bonds is 8. The third-order valence-electron chi connectivity index (χ3n) is 4.81. The zero-order chi connectivity index (χ0) is 22.1. The number of carbonyl (C=O) groups excluding carboxylic acids is 2. The van der Waals surface area contributed by atoms with Crippen LogP contribution in [-0.2, 0) is 20.9 Å². The lowest BCUT2D eigenvalue weighted by atomic mass is 10.2. The summed E-state index contributed by atoms with van der Waals surface area (Å²) in [5.74, 6) is -0.261. The van der Waals surface area contributed by atoms with Crippen LogP contribution in [0.5, 0.6) is 0 Å². The van der Waals surface area contributed by atoms with Crippen LogP contribution < -0.4 is 10.6 Å². The van der Waals surface area contributed by atoms with Gasteiger partial charge in [0.05, 0.1) is 23.3 Å². The molecule has 2 aromatic carbocycles. The van der Waals surface area contributed by atoms with Gasteiger partial charge in [-0.1, -0.05) is 41.4 Å². The molecule has 2 amide bonds. The molecule has 0 unspecified atom stereocenters. The van der Waals surface area contributed by atoms with Crippen molar-refractivity contribution in [1.29, 1.82) is 0 Å². The molecule has 1 aliphatic rings.